The van der Waals surface area contributed by atoms with Crippen LogP contribution in [0.3, 0.4) is 0 Å². The Morgan fingerprint density at radius 1 is 1.15 bits per heavy atom. The Balaban J connectivity index is 2.66. The summed E-state index contributed by atoms with van der Waals surface area (Å²) < 4.78 is 16.9. The van der Waals surface area contributed by atoms with E-state index in [9.17, 15) is 14.6 Å². The minimum Gasteiger partial charge on any atom is -0.394 e. The molecular weight excluding hydrogens is 183 g/mol. The van der Waals surface area contributed by atoms with Gasteiger partial charge in [0.25, 0.3) is 0 Å². The van der Waals surface area contributed by atoms with Gasteiger partial charge in [0, 0.05) is 0 Å². The fourth-order valence-corrected chi connectivity index (χ4v) is 1.32. The molecule has 4 N–H and O–H groups in total. The minimum atomic E-state index is -1.49. The molecule has 0 aromatic heterocycles. The van der Waals surface area contributed by atoms with E-state index < -0.39 is 43.8 Å². The van der Waals surface area contributed by atoms with E-state index in [0.717, 1.165) is 0 Å². The summed E-state index contributed by atoms with van der Waals surface area (Å²) in [6.07, 6.45) is -5.33. The molecule has 5 atom stereocenters. The molecule has 0 aromatic carbocycles. The zero-order valence-corrected chi connectivity index (χ0v) is 6.88. The number of aliphatic hydroxyl groups excluding tert-OH is 4. The SMILES string of the molecule is OCC1OC(O)C(CF)C(O)C1O. The number of halogens is 1. The molecular formula is C7H13FO5. The van der Waals surface area contributed by atoms with Gasteiger partial charge < -0.3 is 25.2 Å². The fraction of sp³-hybridized carbons (Fsp3) is 1.00. The van der Waals surface area contributed by atoms with Gasteiger partial charge in [0.2, 0.25) is 0 Å². The van der Waals surface area contributed by atoms with Crippen molar-refractivity contribution in [2.45, 2.75) is 24.6 Å². The summed E-state index contributed by atoms with van der Waals surface area (Å²) in [5.74, 6) is -1.15. The predicted octanol–water partition coefficient (Wildman–Crippen LogP) is -2.00. The van der Waals surface area contributed by atoms with Crippen LogP contribution in [-0.4, -0.2) is 58.3 Å². The smallest absolute Gasteiger partial charge is 0.163 e. The molecule has 5 nitrogen and oxygen atoms in total. The number of hydrogen-bond acceptors (Lipinski definition) is 5. The van der Waals surface area contributed by atoms with Crippen molar-refractivity contribution in [2.75, 3.05) is 13.3 Å². The quantitative estimate of drug-likeness (QED) is 0.410. The molecule has 1 rings (SSSR count). The van der Waals surface area contributed by atoms with E-state index in [1.807, 2.05) is 0 Å². The van der Waals surface area contributed by atoms with Crippen LogP contribution >= 0.6 is 0 Å². The lowest BCUT2D eigenvalue weighted by Crippen LogP contribution is -2.56. The number of aliphatic hydroxyl groups is 4. The van der Waals surface area contributed by atoms with Crippen LogP contribution in [0.1, 0.15) is 0 Å². The number of rotatable bonds is 2. The van der Waals surface area contributed by atoms with Gasteiger partial charge in [-0.15, -0.1) is 0 Å². The highest BCUT2D eigenvalue weighted by atomic mass is 19.1. The normalized spacial score (nSPS) is 46.4. The molecule has 0 bridgehead atoms. The molecule has 0 spiro atoms. The summed E-state index contributed by atoms with van der Waals surface area (Å²) in [6.45, 7) is -1.52. The summed E-state index contributed by atoms with van der Waals surface area (Å²) in [5, 5.41) is 36.3. The first-order valence-electron chi connectivity index (χ1n) is 3.98. The molecule has 0 aliphatic carbocycles. The van der Waals surface area contributed by atoms with Crippen LogP contribution in [-0.2, 0) is 4.74 Å². The zero-order chi connectivity index (χ0) is 10.0. The molecule has 0 aromatic rings. The Morgan fingerprint density at radius 2 is 1.77 bits per heavy atom. The van der Waals surface area contributed by atoms with E-state index in [0.29, 0.717) is 0 Å². The lowest BCUT2D eigenvalue weighted by atomic mass is 9.92. The highest BCUT2D eigenvalue weighted by Gasteiger charge is 2.43. The first-order valence-corrected chi connectivity index (χ1v) is 3.98. The van der Waals surface area contributed by atoms with E-state index in [1.165, 1.54) is 0 Å². The predicted molar refractivity (Wildman–Crippen MR) is 39.4 cm³/mol. The largest absolute Gasteiger partial charge is 0.394 e. The van der Waals surface area contributed by atoms with Gasteiger partial charge in [0.15, 0.2) is 6.29 Å². The van der Waals surface area contributed by atoms with Crippen LogP contribution in [0.25, 0.3) is 0 Å². The average Bonchev–Trinajstić information content (AvgIpc) is 2.12. The molecule has 1 aliphatic heterocycles. The van der Waals surface area contributed by atoms with Crippen LogP contribution in [0.15, 0.2) is 0 Å². The topological polar surface area (TPSA) is 90.2 Å². The standard InChI is InChI=1S/C7H13FO5/c8-1-3-5(10)6(11)4(2-9)13-7(3)12/h3-7,9-12H,1-2H2. The molecule has 0 amide bonds. The van der Waals surface area contributed by atoms with Gasteiger partial charge >= 0.3 is 0 Å². The second-order valence-corrected chi connectivity index (χ2v) is 3.05. The molecule has 1 fully saturated rings. The Bertz CT molecular complexity index is 167. The molecule has 1 heterocycles. The van der Waals surface area contributed by atoms with E-state index >= 15 is 0 Å². The maximum atomic E-state index is 12.2. The maximum Gasteiger partial charge on any atom is 0.163 e. The van der Waals surface area contributed by atoms with Gasteiger partial charge in [-0.1, -0.05) is 0 Å². The van der Waals surface area contributed by atoms with Crippen LogP contribution in [0.5, 0.6) is 0 Å². The summed E-state index contributed by atoms with van der Waals surface area (Å²) in [5.41, 5.74) is 0. The summed E-state index contributed by atoms with van der Waals surface area (Å²) in [6, 6.07) is 0. The van der Waals surface area contributed by atoms with Gasteiger partial charge in [-0.25, -0.2) is 0 Å². The summed E-state index contributed by atoms with van der Waals surface area (Å²) in [7, 11) is 0. The zero-order valence-electron chi connectivity index (χ0n) is 6.88. The van der Waals surface area contributed by atoms with Gasteiger partial charge in [0.1, 0.15) is 12.2 Å². The van der Waals surface area contributed by atoms with E-state index in [4.69, 9.17) is 10.2 Å². The minimum absolute atomic E-state index is 0.533. The van der Waals surface area contributed by atoms with Crippen LogP contribution in [0.4, 0.5) is 4.39 Å². The number of ether oxygens (including phenoxy) is 1. The maximum absolute atomic E-state index is 12.2. The monoisotopic (exact) mass is 196 g/mol. The van der Waals surface area contributed by atoms with Crippen LogP contribution in [0.2, 0.25) is 0 Å². The van der Waals surface area contributed by atoms with Crippen molar-refractivity contribution in [2.24, 2.45) is 5.92 Å². The van der Waals surface area contributed by atoms with Crippen molar-refractivity contribution in [1.82, 2.24) is 0 Å². The summed E-state index contributed by atoms with van der Waals surface area (Å²) in [4.78, 5) is 0. The summed E-state index contributed by atoms with van der Waals surface area (Å²) >= 11 is 0. The van der Waals surface area contributed by atoms with E-state index in [1.54, 1.807) is 0 Å². The van der Waals surface area contributed by atoms with Gasteiger partial charge in [-0.05, 0) is 0 Å². The molecule has 0 radical (unpaired) electrons. The number of alkyl halides is 1. The van der Waals surface area contributed by atoms with Crippen LogP contribution < -0.4 is 0 Å². The Hall–Kier alpha value is -0.270. The Labute approximate surface area is 74.4 Å². The third kappa shape index (κ3) is 1.97. The lowest BCUT2D eigenvalue weighted by Gasteiger charge is -2.38. The molecule has 78 valence electrons. The molecule has 1 aliphatic rings. The van der Waals surface area contributed by atoms with Crippen molar-refractivity contribution in [3.05, 3.63) is 0 Å². The third-order valence-corrected chi connectivity index (χ3v) is 2.21. The molecule has 1 saturated heterocycles. The highest BCUT2D eigenvalue weighted by Crippen LogP contribution is 2.24. The third-order valence-electron chi connectivity index (χ3n) is 2.21. The molecule has 13 heavy (non-hydrogen) atoms. The second kappa shape index (κ2) is 4.30. The van der Waals surface area contributed by atoms with Gasteiger partial charge in [-0.2, -0.15) is 0 Å². The van der Waals surface area contributed by atoms with Crippen molar-refractivity contribution in [1.29, 1.82) is 0 Å². The van der Waals surface area contributed by atoms with E-state index in [-0.39, 0.29) is 0 Å². The van der Waals surface area contributed by atoms with Crippen LogP contribution in [0, 0.1) is 5.92 Å². The number of hydrogen-bond donors (Lipinski definition) is 4. The van der Waals surface area contributed by atoms with Gasteiger partial charge in [-0.3, -0.25) is 4.39 Å². The Kier molecular flexibility index (Phi) is 3.57. The average molecular weight is 196 g/mol. The van der Waals surface area contributed by atoms with Crippen molar-refractivity contribution in [3.63, 3.8) is 0 Å². The second-order valence-electron chi connectivity index (χ2n) is 3.05. The first-order chi connectivity index (χ1) is 6.11. The molecule has 0 saturated carbocycles. The van der Waals surface area contributed by atoms with E-state index in [2.05, 4.69) is 4.74 Å². The highest BCUT2D eigenvalue weighted by molar-refractivity contribution is 4.87. The molecule has 5 unspecified atom stereocenters. The lowest BCUT2D eigenvalue weighted by molar-refractivity contribution is -0.271. The van der Waals surface area contributed by atoms with Crippen molar-refractivity contribution >= 4 is 0 Å². The first kappa shape index (κ1) is 10.8. The molecule has 6 heteroatoms. The van der Waals surface area contributed by atoms with Gasteiger partial charge in [0.05, 0.1) is 25.3 Å². The fourth-order valence-electron chi connectivity index (χ4n) is 1.32. The Morgan fingerprint density at radius 3 is 2.23 bits per heavy atom. The van der Waals surface area contributed by atoms with Crippen molar-refractivity contribution < 1.29 is 29.6 Å². The van der Waals surface area contributed by atoms with Crippen molar-refractivity contribution in [3.8, 4) is 0 Å².